The van der Waals surface area contributed by atoms with Crippen molar-refractivity contribution in [1.82, 2.24) is 0 Å². The largest absolute Gasteiger partial charge is 0.296 e. The first-order valence-corrected chi connectivity index (χ1v) is 8.69. The normalized spacial score (nSPS) is 10.7. The number of hydrogen-bond donors (Lipinski definition) is 1. The quantitative estimate of drug-likeness (QED) is 0.359. The van der Waals surface area contributed by atoms with Gasteiger partial charge in [-0.15, -0.1) is 0 Å². The highest BCUT2D eigenvalue weighted by Gasteiger charge is 2.16. The van der Waals surface area contributed by atoms with Crippen LogP contribution in [0.2, 0.25) is 15.1 Å². The zero-order valence-electron chi connectivity index (χ0n) is 9.73. The Labute approximate surface area is 145 Å². The smallest absolute Gasteiger partial charge is 0.282 e. The van der Waals surface area contributed by atoms with Crippen molar-refractivity contribution in [2.24, 2.45) is 0 Å². The summed E-state index contributed by atoms with van der Waals surface area (Å²) in [5.74, 6) is 0. The summed E-state index contributed by atoms with van der Waals surface area (Å²) >= 11 is 18.9. The van der Waals surface area contributed by atoms with Gasteiger partial charge in [0.15, 0.2) is 0 Å². The van der Waals surface area contributed by atoms with E-state index in [0.29, 0.717) is 0 Å². The molecule has 8 heteroatoms. The highest BCUT2D eigenvalue weighted by Crippen LogP contribution is 2.31. The van der Waals surface area contributed by atoms with Gasteiger partial charge < -0.3 is 0 Å². The summed E-state index contributed by atoms with van der Waals surface area (Å²) in [6, 6.07) is 12.4. The SMILES string of the molecule is Ic1ccccc1.O=S(=O)(O)c1cc(Cl)c(Cl)cc1Cl. The Balaban J connectivity index is 0.000000240. The lowest BCUT2D eigenvalue weighted by Gasteiger charge is -2.02. The molecule has 1 N–H and O–H groups in total. The average molecular weight is 466 g/mol. The highest BCUT2D eigenvalue weighted by atomic mass is 127. The first kappa shape index (κ1) is 18.0. The molecule has 0 unspecified atom stereocenters. The standard InChI is InChI=1S/C6H3Cl3O3S.C6H5I/c7-3-1-5(9)6(2-4(3)8)13(10,11)12;7-6-4-2-1-3-5-6/h1-2H,(H,10,11,12);1-5H. The van der Waals surface area contributed by atoms with Crippen LogP contribution in [0.4, 0.5) is 0 Å². The molecule has 108 valence electrons. The van der Waals surface area contributed by atoms with E-state index in [0.717, 1.165) is 12.1 Å². The second-order valence-corrected chi connectivity index (χ2v) is 7.32. The second-order valence-electron chi connectivity index (χ2n) is 3.47. The van der Waals surface area contributed by atoms with Crippen LogP contribution in [0.25, 0.3) is 0 Å². The van der Waals surface area contributed by atoms with Crippen molar-refractivity contribution < 1.29 is 13.0 Å². The van der Waals surface area contributed by atoms with E-state index in [9.17, 15) is 8.42 Å². The Morgan fingerprint density at radius 3 is 1.80 bits per heavy atom. The minimum Gasteiger partial charge on any atom is -0.282 e. The van der Waals surface area contributed by atoms with Crippen molar-refractivity contribution in [2.45, 2.75) is 4.90 Å². The molecule has 20 heavy (non-hydrogen) atoms. The van der Waals surface area contributed by atoms with Gasteiger partial charge >= 0.3 is 0 Å². The molecule has 0 heterocycles. The van der Waals surface area contributed by atoms with Gasteiger partial charge in [-0.3, -0.25) is 4.55 Å². The van der Waals surface area contributed by atoms with Crippen molar-refractivity contribution in [3.8, 4) is 0 Å². The molecule has 0 spiro atoms. The molecule has 0 bridgehead atoms. The van der Waals surface area contributed by atoms with E-state index < -0.39 is 15.0 Å². The van der Waals surface area contributed by atoms with Gasteiger partial charge in [0.25, 0.3) is 10.1 Å². The van der Waals surface area contributed by atoms with E-state index in [1.54, 1.807) is 0 Å². The molecule has 0 saturated heterocycles. The zero-order valence-corrected chi connectivity index (χ0v) is 15.0. The Morgan fingerprint density at radius 2 is 1.40 bits per heavy atom. The van der Waals surface area contributed by atoms with Gasteiger partial charge in [0.05, 0.1) is 15.1 Å². The fraction of sp³-hybridized carbons (Fsp3) is 0. The molecule has 0 aliphatic carbocycles. The summed E-state index contributed by atoms with van der Waals surface area (Å²) < 4.78 is 31.3. The van der Waals surface area contributed by atoms with Crippen LogP contribution in [0.3, 0.4) is 0 Å². The predicted molar refractivity (Wildman–Crippen MR) is 90.4 cm³/mol. The molecule has 0 atom stereocenters. The fourth-order valence-corrected chi connectivity index (χ4v) is 3.01. The molecule has 0 aliphatic rings. The van der Waals surface area contributed by atoms with E-state index >= 15 is 0 Å². The molecule has 2 rings (SSSR count). The number of rotatable bonds is 1. The molecule has 0 aromatic heterocycles. The molecular weight excluding hydrogens is 457 g/mol. The first-order valence-electron chi connectivity index (χ1n) is 5.04. The molecule has 0 fully saturated rings. The maximum Gasteiger partial charge on any atom is 0.296 e. The average Bonchev–Trinajstić information content (AvgIpc) is 2.34. The summed E-state index contributed by atoms with van der Waals surface area (Å²) in [5, 5.41) is -0.0327. The minimum absolute atomic E-state index is 0.0127. The van der Waals surface area contributed by atoms with E-state index in [1.807, 2.05) is 18.2 Å². The number of halogens is 4. The van der Waals surface area contributed by atoms with Gasteiger partial charge in [0, 0.05) is 3.57 Å². The van der Waals surface area contributed by atoms with E-state index in [-0.39, 0.29) is 15.1 Å². The van der Waals surface area contributed by atoms with Crippen LogP contribution in [0.1, 0.15) is 0 Å². The Kier molecular flexibility index (Phi) is 7.03. The second kappa shape index (κ2) is 7.82. The van der Waals surface area contributed by atoms with Crippen molar-refractivity contribution in [3.05, 3.63) is 61.1 Å². The monoisotopic (exact) mass is 464 g/mol. The van der Waals surface area contributed by atoms with Crippen LogP contribution in [-0.4, -0.2) is 13.0 Å². The van der Waals surface area contributed by atoms with Crippen molar-refractivity contribution in [3.63, 3.8) is 0 Å². The minimum atomic E-state index is -4.35. The van der Waals surface area contributed by atoms with Crippen LogP contribution < -0.4 is 0 Å². The molecule has 0 radical (unpaired) electrons. The molecule has 3 nitrogen and oxygen atoms in total. The van der Waals surface area contributed by atoms with Crippen molar-refractivity contribution in [1.29, 1.82) is 0 Å². The topological polar surface area (TPSA) is 54.4 Å². The fourth-order valence-electron chi connectivity index (χ4n) is 1.12. The lowest BCUT2D eigenvalue weighted by atomic mass is 10.4. The summed E-state index contributed by atoms with van der Waals surface area (Å²) in [7, 11) is -4.35. The molecule has 2 aromatic carbocycles. The van der Waals surface area contributed by atoms with Gasteiger partial charge in [-0.05, 0) is 46.9 Å². The maximum atomic E-state index is 10.7. The highest BCUT2D eigenvalue weighted by molar-refractivity contribution is 14.1. The maximum absolute atomic E-state index is 10.7. The van der Waals surface area contributed by atoms with Crippen molar-refractivity contribution in [2.75, 3.05) is 0 Å². The molecular formula is C12H8Cl3IO3S. The number of benzene rings is 2. The number of hydrogen-bond acceptors (Lipinski definition) is 2. The third-order valence-corrected chi connectivity index (χ3v) is 4.75. The van der Waals surface area contributed by atoms with E-state index in [1.165, 1.54) is 3.57 Å². The molecule has 0 amide bonds. The Morgan fingerprint density at radius 1 is 0.900 bits per heavy atom. The first-order chi connectivity index (χ1) is 9.21. The lowest BCUT2D eigenvalue weighted by molar-refractivity contribution is 0.483. The summed E-state index contributed by atoms with van der Waals surface area (Å²) in [5.41, 5.74) is 0. The van der Waals surface area contributed by atoms with Crippen LogP contribution >= 0.6 is 57.4 Å². The van der Waals surface area contributed by atoms with Crippen LogP contribution in [0, 0.1) is 3.57 Å². The van der Waals surface area contributed by atoms with Crippen molar-refractivity contribution >= 4 is 67.5 Å². The molecule has 0 saturated carbocycles. The van der Waals surface area contributed by atoms with Crippen LogP contribution in [0.15, 0.2) is 47.4 Å². The van der Waals surface area contributed by atoms with Gasteiger partial charge in [0.2, 0.25) is 0 Å². The predicted octanol–water partition coefficient (Wildman–Crippen LogP) is 5.18. The summed E-state index contributed by atoms with van der Waals surface area (Å²) in [4.78, 5) is -0.455. The van der Waals surface area contributed by atoms with Gasteiger partial charge in [-0.2, -0.15) is 8.42 Å². The lowest BCUT2D eigenvalue weighted by Crippen LogP contribution is -1.98. The zero-order chi connectivity index (χ0) is 15.3. The van der Waals surface area contributed by atoms with Gasteiger partial charge in [-0.25, -0.2) is 0 Å². The van der Waals surface area contributed by atoms with E-state index in [4.69, 9.17) is 39.4 Å². The van der Waals surface area contributed by atoms with Gasteiger partial charge in [0.1, 0.15) is 4.90 Å². The Hall–Kier alpha value is -0.0500. The Bertz CT molecular complexity index is 691. The van der Waals surface area contributed by atoms with Crippen LogP contribution in [-0.2, 0) is 10.1 Å². The van der Waals surface area contributed by atoms with E-state index in [2.05, 4.69) is 34.7 Å². The molecule has 2 aromatic rings. The van der Waals surface area contributed by atoms with Crippen LogP contribution in [0.5, 0.6) is 0 Å². The van der Waals surface area contributed by atoms with Gasteiger partial charge in [-0.1, -0.05) is 53.0 Å². The summed E-state index contributed by atoms with van der Waals surface area (Å²) in [6.45, 7) is 0. The molecule has 0 aliphatic heterocycles. The third kappa shape index (κ3) is 5.75. The summed E-state index contributed by atoms with van der Waals surface area (Å²) in [6.07, 6.45) is 0. The third-order valence-electron chi connectivity index (χ3n) is 1.99.